The van der Waals surface area contributed by atoms with Crippen molar-refractivity contribution >= 4 is 15.9 Å². The molecule has 0 radical (unpaired) electrons. The molecule has 1 aromatic heterocycles. The zero-order valence-corrected chi connectivity index (χ0v) is 12.1. The number of aromatic nitrogens is 2. The first-order valence-corrected chi connectivity index (χ1v) is 6.08. The molecule has 1 heterocycles. The van der Waals surface area contributed by atoms with Crippen molar-refractivity contribution in [2.24, 2.45) is 0 Å². The van der Waals surface area contributed by atoms with Crippen molar-refractivity contribution in [1.29, 1.82) is 0 Å². The highest BCUT2D eigenvalue weighted by Gasteiger charge is 2.38. The number of rotatable bonds is 2. The third kappa shape index (κ3) is 4.12. The molecular formula is C11H14BrF3N2O. The average Bonchev–Trinajstić information content (AvgIpc) is 2.13. The molecule has 102 valence electrons. The van der Waals surface area contributed by atoms with Crippen LogP contribution in [-0.4, -0.2) is 22.2 Å². The van der Waals surface area contributed by atoms with Crippen LogP contribution in [0.4, 0.5) is 13.2 Å². The fourth-order valence-corrected chi connectivity index (χ4v) is 1.40. The minimum atomic E-state index is -4.42. The minimum absolute atomic E-state index is 0.0911. The highest BCUT2D eigenvalue weighted by molar-refractivity contribution is 9.10. The molecular weight excluding hydrogens is 313 g/mol. The molecule has 0 aromatic carbocycles. The van der Waals surface area contributed by atoms with Crippen molar-refractivity contribution in [3.05, 3.63) is 16.5 Å². The van der Waals surface area contributed by atoms with Gasteiger partial charge in [0.15, 0.2) is 6.10 Å². The Morgan fingerprint density at radius 2 is 1.78 bits per heavy atom. The van der Waals surface area contributed by atoms with Crippen molar-refractivity contribution in [1.82, 2.24) is 9.97 Å². The van der Waals surface area contributed by atoms with Gasteiger partial charge in [0.2, 0.25) is 5.88 Å². The molecule has 0 amide bonds. The van der Waals surface area contributed by atoms with Crippen molar-refractivity contribution in [2.45, 2.75) is 45.4 Å². The predicted molar refractivity (Wildman–Crippen MR) is 64.6 cm³/mol. The van der Waals surface area contributed by atoms with Crippen LogP contribution in [0.2, 0.25) is 0 Å². The van der Waals surface area contributed by atoms with Crippen LogP contribution in [0.25, 0.3) is 0 Å². The van der Waals surface area contributed by atoms with E-state index in [-0.39, 0.29) is 11.3 Å². The van der Waals surface area contributed by atoms with Gasteiger partial charge in [0.05, 0.1) is 0 Å². The van der Waals surface area contributed by atoms with Crippen LogP contribution < -0.4 is 4.74 Å². The van der Waals surface area contributed by atoms with Gasteiger partial charge in [0.1, 0.15) is 10.4 Å². The van der Waals surface area contributed by atoms with Gasteiger partial charge >= 0.3 is 6.18 Å². The molecule has 0 aliphatic heterocycles. The van der Waals surface area contributed by atoms with Gasteiger partial charge < -0.3 is 4.74 Å². The zero-order valence-electron chi connectivity index (χ0n) is 10.5. The van der Waals surface area contributed by atoms with Crippen LogP contribution in [0.1, 0.15) is 33.5 Å². The number of hydrogen-bond acceptors (Lipinski definition) is 3. The van der Waals surface area contributed by atoms with Crippen LogP contribution in [0, 0.1) is 0 Å². The molecule has 0 fully saturated rings. The largest absolute Gasteiger partial charge is 0.465 e. The van der Waals surface area contributed by atoms with Gasteiger partial charge in [-0.15, -0.1) is 0 Å². The molecule has 1 aromatic rings. The van der Waals surface area contributed by atoms with E-state index in [4.69, 9.17) is 4.74 Å². The van der Waals surface area contributed by atoms with Gasteiger partial charge in [-0.3, -0.25) is 0 Å². The first-order chi connectivity index (χ1) is 8.00. The Bertz CT molecular complexity index is 429. The molecule has 0 aliphatic rings. The summed E-state index contributed by atoms with van der Waals surface area (Å²) >= 11 is 3.13. The highest BCUT2D eigenvalue weighted by Crippen LogP contribution is 2.27. The zero-order chi connectivity index (χ0) is 14.1. The van der Waals surface area contributed by atoms with E-state index >= 15 is 0 Å². The molecule has 0 saturated heterocycles. The van der Waals surface area contributed by atoms with Crippen LogP contribution in [0.15, 0.2) is 10.7 Å². The summed E-state index contributed by atoms with van der Waals surface area (Å²) in [7, 11) is 0. The molecule has 0 aliphatic carbocycles. The van der Waals surface area contributed by atoms with Crippen molar-refractivity contribution in [3.8, 4) is 5.88 Å². The summed E-state index contributed by atoms with van der Waals surface area (Å²) < 4.78 is 42.4. The molecule has 0 saturated carbocycles. The van der Waals surface area contributed by atoms with E-state index in [1.54, 1.807) is 0 Å². The fraction of sp³-hybridized carbons (Fsp3) is 0.636. The fourth-order valence-electron chi connectivity index (χ4n) is 1.04. The van der Waals surface area contributed by atoms with Gasteiger partial charge in [-0.1, -0.05) is 20.8 Å². The molecule has 1 unspecified atom stereocenters. The second-order valence-electron chi connectivity index (χ2n) is 4.90. The lowest BCUT2D eigenvalue weighted by Crippen LogP contribution is -2.31. The molecule has 3 nitrogen and oxygen atoms in total. The SMILES string of the molecule is CC(Oc1cc(Br)nc(C(C)(C)C)n1)C(F)(F)F. The maximum atomic E-state index is 12.4. The Hall–Kier alpha value is -0.850. The Morgan fingerprint density at radius 3 is 2.22 bits per heavy atom. The van der Waals surface area contributed by atoms with Gasteiger partial charge in [0.25, 0.3) is 0 Å². The van der Waals surface area contributed by atoms with E-state index in [9.17, 15) is 13.2 Å². The van der Waals surface area contributed by atoms with E-state index in [2.05, 4.69) is 25.9 Å². The second-order valence-corrected chi connectivity index (χ2v) is 5.72. The molecule has 1 atom stereocenters. The Labute approximate surface area is 112 Å². The monoisotopic (exact) mass is 326 g/mol. The number of ether oxygens (including phenoxy) is 1. The molecule has 18 heavy (non-hydrogen) atoms. The van der Waals surface area contributed by atoms with E-state index in [1.807, 2.05) is 20.8 Å². The highest BCUT2D eigenvalue weighted by atomic mass is 79.9. The Kier molecular flexibility index (Phi) is 4.25. The quantitative estimate of drug-likeness (QED) is 0.774. The predicted octanol–water partition coefficient (Wildman–Crippen LogP) is 3.87. The first kappa shape index (κ1) is 15.2. The topological polar surface area (TPSA) is 35.0 Å². The van der Waals surface area contributed by atoms with Crippen molar-refractivity contribution in [3.63, 3.8) is 0 Å². The normalized spacial score (nSPS) is 14.4. The Balaban J connectivity index is 3.01. The smallest absolute Gasteiger partial charge is 0.425 e. The van der Waals surface area contributed by atoms with E-state index < -0.39 is 12.3 Å². The third-order valence-electron chi connectivity index (χ3n) is 2.10. The summed E-state index contributed by atoms with van der Waals surface area (Å²) in [4.78, 5) is 8.11. The van der Waals surface area contributed by atoms with Gasteiger partial charge in [-0.25, -0.2) is 4.98 Å². The summed E-state index contributed by atoms with van der Waals surface area (Å²) in [5.74, 6) is 0.327. The van der Waals surface area contributed by atoms with E-state index in [1.165, 1.54) is 6.07 Å². The number of nitrogens with zero attached hydrogens (tertiary/aromatic N) is 2. The van der Waals surface area contributed by atoms with Crippen LogP contribution in [-0.2, 0) is 5.41 Å². The maximum Gasteiger partial charge on any atom is 0.425 e. The van der Waals surface area contributed by atoms with Gasteiger partial charge in [-0.2, -0.15) is 18.2 Å². The van der Waals surface area contributed by atoms with E-state index in [0.717, 1.165) is 6.92 Å². The lowest BCUT2D eigenvalue weighted by Gasteiger charge is -2.20. The minimum Gasteiger partial charge on any atom is -0.465 e. The summed E-state index contributed by atoms with van der Waals surface area (Å²) in [6.07, 6.45) is -6.33. The molecule has 0 spiro atoms. The molecule has 0 N–H and O–H groups in total. The number of alkyl halides is 3. The van der Waals surface area contributed by atoms with Gasteiger partial charge in [0, 0.05) is 11.5 Å². The van der Waals surface area contributed by atoms with Crippen molar-refractivity contribution < 1.29 is 17.9 Å². The van der Waals surface area contributed by atoms with Crippen molar-refractivity contribution in [2.75, 3.05) is 0 Å². The van der Waals surface area contributed by atoms with E-state index in [0.29, 0.717) is 10.4 Å². The van der Waals surface area contributed by atoms with Crippen LogP contribution in [0.3, 0.4) is 0 Å². The first-order valence-electron chi connectivity index (χ1n) is 5.28. The number of halogens is 4. The summed E-state index contributed by atoms with van der Waals surface area (Å²) in [6, 6.07) is 1.32. The standard InChI is InChI=1S/C11H14BrF3N2O/c1-6(11(13,14)15)18-8-5-7(12)16-9(17-8)10(2,3)4/h5-6H,1-4H3. The summed E-state index contributed by atoms with van der Waals surface area (Å²) in [6.45, 7) is 6.54. The summed E-state index contributed by atoms with van der Waals surface area (Å²) in [5, 5.41) is 0. The third-order valence-corrected chi connectivity index (χ3v) is 2.51. The molecule has 0 bridgehead atoms. The Morgan fingerprint density at radius 1 is 1.22 bits per heavy atom. The lowest BCUT2D eigenvalue weighted by atomic mass is 9.96. The van der Waals surface area contributed by atoms with Crippen LogP contribution in [0.5, 0.6) is 5.88 Å². The number of hydrogen-bond donors (Lipinski definition) is 0. The summed E-state index contributed by atoms with van der Waals surface area (Å²) in [5.41, 5.74) is -0.372. The average molecular weight is 327 g/mol. The maximum absolute atomic E-state index is 12.4. The lowest BCUT2D eigenvalue weighted by molar-refractivity contribution is -0.190. The van der Waals surface area contributed by atoms with Crippen LogP contribution >= 0.6 is 15.9 Å². The molecule has 1 rings (SSSR count). The van der Waals surface area contributed by atoms with Gasteiger partial charge in [-0.05, 0) is 22.9 Å². The second kappa shape index (κ2) is 5.03. The molecule has 7 heteroatoms.